The van der Waals surface area contributed by atoms with Crippen LogP contribution in [-0.4, -0.2) is 11.7 Å². The predicted molar refractivity (Wildman–Crippen MR) is 52.1 cm³/mol. The molecule has 1 aromatic carbocycles. The van der Waals surface area contributed by atoms with Gasteiger partial charge in [0.1, 0.15) is 5.82 Å². The highest BCUT2D eigenvalue weighted by Crippen LogP contribution is 2.51. The number of nitrogens with two attached hydrogens (primary N) is 1. The number of benzene rings is 1. The molecule has 0 amide bonds. The van der Waals surface area contributed by atoms with Crippen molar-refractivity contribution in [3.05, 3.63) is 35.6 Å². The van der Waals surface area contributed by atoms with Crippen LogP contribution in [0.4, 0.5) is 4.39 Å². The molecule has 0 saturated heterocycles. The van der Waals surface area contributed by atoms with Crippen LogP contribution in [0, 0.1) is 11.7 Å². The van der Waals surface area contributed by atoms with Gasteiger partial charge < -0.3 is 10.8 Å². The number of aliphatic hydroxyl groups excluding tert-OH is 1. The van der Waals surface area contributed by atoms with E-state index in [-0.39, 0.29) is 18.3 Å². The van der Waals surface area contributed by atoms with Crippen LogP contribution in [0.5, 0.6) is 0 Å². The molecule has 1 aliphatic rings. The van der Waals surface area contributed by atoms with Gasteiger partial charge in [-0.3, -0.25) is 0 Å². The van der Waals surface area contributed by atoms with Gasteiger partial charge in [0, 0.05) is 17.7 Å². The van der Waals surface area contributed by atoms with Gasteiger partial charge in [-0.05, 0) is 24.8 Å². The van der Waals surface area contributed by atoms with Crippen LogP contribution >= 0.6 is 0 Å². The standard InChI is InChI=1S/C11H14FNO/c12-10-4-2-1-3-9(10)11(13)7-8(11)5-6-14/h1-4,8,14H,5-7,13H2/t8-,11+/m1/s1. The van der Waals surface area contributed by atoms with Gasteiger partial charge in [0.25, 0.3) is 0 Å². The van der Waals surface area contributed by atoms with E-state index in [1.54, 1.807) is 18.2 Å². The summed E-state index contributed by atoms with van der Waals surface area (Å²) in [4.78, 5) is 0. The molecular weight excluding hydrogens is 181 g/mol. The number of halogens is 1. The van der Waals surface area contributed by atoms with Gasteiger partial charge in [0.15, 0.2) is 0 Å². The molecule has 14 heavy (non-hydrogen) atoms. The average molecular weight is 195 g/mol. The van der Waals surface area contributed by atoms with E-state index in [1.165, 1.54) is 6.07 Å². The van der Waals surface area contributed by atoms with Crippen molar-refractivity contribution in [1.82, 2.24) is 0 Å². The van der Waals surface area contributed by atoms with Crippen LogP contribution in [0.15, 0.2) is 24.3 Å². The largest absolute Gasteiger partial charge is 0.396 e. The number of rotatable bonds is 3. The van der Waals surface area contributed by atoms with Crippen LogP contribution in [0.2, 0.25) is 0 Å². The second kappa shape index (κ2) is 3.33. The molecule has 0 spiro atoms. The lowest BCUT2D eigenvalue weighted by molar-refractivity contribution is 0.274. The Morgan fingerprint density at radius 3 is 2.86 bits per heavy atom. The summed E-state index contributed by atoms with van der Waals surface area (Å²) in [5.41, 5.74) is 6.10. The molecule has 76 valence electrons. The Morgan fingerprint density at radius 2 is 2.21 bits per heavy atom. The molecule has 2 atom stereocenters. The zero-order chi connectivity index (χ0) is 10.2. The van der Waals surface area contributed by atoms with Crippen molar-refractivity contribution in [1.29, 1.82) is 0 Å². The summed E-state index contributed by atoms with van der Waals surface area (Å²) in [7, 11) is 0. The fourth-order valence-corrected chi connectivity index (χ4v) is 2.03. The van der Waals surface area contributed by atoms with Gasteiger partial charge in [-0.1, -0.05) is 18.2 Å². The average Bonchev–Trinajstić information content (AvgIpc) is 2.79. The smallest absolute Gasteiger partial charge is 0.128 e. The minimum absolute atomic E-state index is 0.123. The quantitative estimate of drug-likeness (QED) is 0.765. The number of aliphatic hydroxyl groups is 1. The summed E-state index contributed by atoms with van der Waals surface area (Å²) in [6.45, 7) is 0.123. The Balaban J connectivity index is 2.21. The molecule has 1 aliphatic carbocycles. The van der Waals surface area contributed by atoms with Crippen LogP contribution < -0.4 is 5.73 Å². The summed E-state index contributed by atoms with van der Waals surface area (Å²) in [6, 6.07) is 6.61. The minimum atomic E-state index is -0.534. The van der Waals surface area contributed by atoms with Crippen molar-refractivity contribution < 1.29 is 9.50 Å². The molecule has 1 aromatic rings. The van der Waals surface area contributed by atoms with Crippen LogP contribution in [0.1, 0.15) is 18.4 Å². The monoisotopic (exact) mass is 195 g/mol. The van der Waals surface area contributed by atoms with Gasteiger partial charge in [0.05, 0.1) is 0 Å². The van der Waals surface area contributed by atoms with E-state index in [0.717, 1.165) is 6.42 Å². The molecule has 0 aliphatic heterocycles. The molecule has 0 aromatic heterocycles. The summed E-state index contributed by atoms with van der Waals surface area (Å²) in [5.74, 6) is -0.0140. The molecule has 1 fully saturated rings. The maximum Gasteiger partial charge on any atom is 0.128 e. The Labute approximate surface area is 82.5 Å². The molecular formula is C11H14FNO. The maximum absolute atomic E-state index is 13.4. The Morgan fingerprint density at radius 1 is 1.50 bits per heavy atom. The predicted octanol–water partition coefficient (Wildman–Crippen LogP) is 1.38. The van der Waals surface area contributed by atoms with E-state index < -0.39 is 5.54 Å². The SMILES string of the molecule is N[C@@]1(c2ccccc2F)C[C@H]1CCO. The van der Waals surface area contributed by atoms with Gasteiger partial charge in [-0.15, -0.1) is 0 Å². The molecule has 3 heteroatoms. The first-order chi connectivity index (χ1) is 6.68. The van der Waals surface area contributed by atoms with E-state index in [2.05, 4.69) is 0 Å². The zero-order valence-electron chi connectivity index (χ0n) is 7.91. The molecule has 2 nitrogen and oxygen atoms in total. The second-order valence-electron chi connectivity index (χ2n) is 3.93. The molecule has 2 rings (SSSR count). The van der Waals surface area contributed by atoms with Crippen LogP contribution in [-0.2, 0) is 5.54 Å². The third kappa shape index (κ3) is 1.42. The van der Waals surface area contributed by atoms with E-state index in [4.69, 9.17) is 10.8 Å². The highest BCUT2D eigenvalue weighted by Gasteiger charge is 2.52. The Hall–Kier alpha value is -0.930. The minimum Gasteiger partial charge on any atom is -0.396 e. The van der Waals surface area contributed by atoms with Crippen LogP contribution in [0.25, 0.3) is 0 Å². The summed E-state index contributed by atoms with van der Waals surface area (Å²) < 4.78 is 13.4. The molecule has 0 heterocycles. The molecule has 0 unspecified atom stereocenters. The molecule has 0 radical (unpaired) electrons. The third-order valence-corrected chi connectivity index (χ3v) is 3.01. The highest BCUT2D eigenvalue weighted by molar-refractivity contribution is 5.32. The lowest BCUT2D eigenvalue weighted by atomic mass is 10.0. The van der Waals surface area contributed by atoms with Crippen molar-refractivity contribution in [3.63, 3.8) is 0 Å². The summed E-state index contributed by atoms with van der Waals surface area (Å²) in [6.07, 6.45) is 1.43. The topological polar surface area (TPSA) is 46.2 Å². The first-order valence-corrected chi connectivity index (χ1v) is 4.83. The van der Waals surface area contributed by atoms with Gasteiger partial charge in [0.2, 0.25) is 0 Å². The lowest BCUT2D eigenvalue weighted by Gasteiger charge is -2.12. The molecule has 0 bridgehead atoms. The number of hydrogen-bond acceptors (Lipinski definition) is 2. The van der Waals surface area contributed by atoms with E-state index in [0.29, 0.717) is 12.0 Å². The van der Waals surface area contributed by atoms with Crippen LogP contribution in [0.3, 0.4) is 0 Å². The molecule has 3 N–H and O–H groups in total. The van der Waals surface area contributed by atoms with E-state index in [1.807, 2.05) is 0 Å². The van der Waals surface area contributed by atoms with Crippen molar-refractivity contribution in [2.24, 2.45) is 11.7 Å². The van der Waals surface area contributed by atoms with Gasteiger partial charge >= 0.3 is 0 Å². The first kappa shape index (κ1) is 9.62. The molecule has 1 saturated carbocycles. The highest BCUT2D eigenvalue weighted by atomic mass is 19.1. The number of hydrogen-bond donors (Lipinski definition) is 2. The van der Waals surface area contributed by atoms with E-state index in [9.17, 15) is 4.39 Å². The third-order valence-electron chi connectivity index (χ3n) is 3.01. The zero-order valence-corrected chi connectivity index (χ0v) is 7.91. The Bertz CT molecular complexity index is 342. The van der Waals surface area contributed by atoms with Crippen molar-refractivity contribution in [2.75, 3.05) is 6.61 Å². The van der Waals surface area contributed by atoms with Crippen molar-refractivity contribution in [2.45, 2.75) is 18.4 Å². The normalized spacial score (nSPS) is 30.4. The van der Waals surface area contributed by atoms with Gasteiger partial charge in [-0.2, -0.15) is 0 Å². The van der Waals surface area contributed by atoms with Gasteiger partial charge in [-0.25, -0.2) is 4.39 Å². The fraction of sp³-hybridized carbons (Fsp3) is 0.455. The second-order valence-corrected chi connectivity index (χ2v) is 3.93. The van der Waals surface area contributed by atoms with E-state index >= 15 is 0 Å². The summed E-state index contributed by atoms with van der Waals surface area (Å²) >= 11 is 0. The Kier molecular flexibility index (Phi) is 2.29. The van der Waals surface area contributed by atoms with Crippen molar-refractivity contribution >= 4 is 0 Å². The van der Waals surface area contributed by atoms with Crippen molar-refractivity contribution in [3.8, 4) is 0 Å². The summed E-state index contributed by atoms with van der Waals surface area (Å²) in [5, 5.41) is 8.78. The maximum atomic E-state index is 13.4. The lowest BCUT2D eigenvalue weighted by Crippen LogP contribution is -2.23. The first-order valence-electron chi connectivity index (χ1n) is 4.83. The fourth-order valence-electron chi connectivity index (χ4n) is 2.03.